The molecule has 2 aromatic rings. The predicted molar refractivity (Wildman–Crippen MR) is 77.7 cm³/mol. The van der Waals surface area contributed by atoms with Crippen LogP contribution in [0.3, 0.4) is 0 Å². The van der Waals surface area contributed by atoms with Gasteiger partial charge in [0.1, 0.15) is 12.4 Å². The topological polar surface area (TPSA) is 80.2 Å². The standard InChI is InChI=1S/C15H11F4N3O3/c16-11-4-1-9(2-5-11)14(25)21-20-12(23)8-22-7-10(15(17,18)19)3-6-13(22)24/h1-7H,8H2,(H,20,23)(H,21,25). The van der Waals surface area contributed by atoms with Crippen molar-refractivity contribution in [1.82, 2.24) is 15.4 Å². The molecule has 132 valence electrons. The summed E-state index contributed by atoms with van der Waals surface area (Å²) in [5.41, 5.74) is 2.11. The van der Waals surface area contributed by atoms with Crippen LogP contribution in [0.25, 0.3) is 0 Å². The van der Waals surface area contributed by atoms with Gasteiger partial charge in [0.05, 0.1) is 5.56 Å². The molecule has 0 atom stereocenters. The average Bonchev–Trinajstić information content (AvgIpc) is 2.54. The lowest BCUT2D eigenvalue weighted by atomic mass is 10.2. The molecule has 0 spiro atoms. The number of rotatable bonds is 3. The quantitative estimate of drug-likeness (QED) is 0.645. The Hall–Kier alpha value is -3.17. The van der Waals surface area contributed by atoms with Gasteiger partial charge in [-0.2, -0.15) is 13.2 Å². The number of aromatic nitrogens is 1. The fourth-order valence-electron chi connectivity index (χ4n) is 1.82. The van der Waals surface area contributed by atoms with E-state index >= 15 is 0 Å². The minimum Gasteiger partial charge on any atom is -0.305 e. The zero-order valence-electron chi connectivity index (χ0n) is 12.4. The van der Waals surface area contributed by atoms with Crippen LogP contribution in [-0.2, 0) is 17.5 Å². The first-order valence-electron chi connectivity index (χ1n) is 6.79. The summed E-state index contributed by atoms with van der Waals surface area (Å²) < 4.78 is 51.1. The number of hydrogen-bond acceptors (Lipinski definition) is 3. The van der Waals surface area contributed by atoms with Crippen molar-refractivity contribution >= 4 is 11.8 Å². The van der Waals surface area contributed by atoms with Gasteiger partial charge < -0.3 is 4.57 Å². The Kier molecular flexibility index (Phi) is 5.20. The number of nitrogens with one attached hydrogen (secondary N) is 2. The monoisotopic (exact) mass is 357 g/mol. The van der Waals surface area contributed by atoms with E-state index in [2.05, 4.69) is 0 Å². The van der Waals surface area contributed by atoms with Gasteiger partial charge >= 0.3 is 6.18 Å². The molecule has 2 rings (SSSR count). The first kappa shape index (κ1) is 18.2. The molecule has 0 fully saturated rings. The number of nitrogens with zero attached hydrogens (tertiary/aromatic N) is 1. The van der Waals surface area contributed by atoms with Crippen molar-refractivity contribution in [2.24, 2.45) is 0 Å². The number of alkyl halides is 3. The zero-order chi connectivity index (χ0) is 18.6. The summed E-state index contributed by atoms with van der Waals surface area (Å²) in [7, 11) is 0. The number of benzene rings is 1. The summed E-state index contributed by atoms with van der Waals surface area (Å²) in [6.07, 6.45) is -4.16. The Morgan fingerprint density at radius 3 is 2.24 bits per heavy atom. The van der Waals surface area contributed by atoms with Crippen molar-refractivity contribution in [2.45, 2.75) is 12.7 Å². The number of hydrogen-bond donors (Lipinski definition) is 2. The van der Waals surface area contributed by atoms with Crippen LogP contribution in [-0.4, -0.2) is 16.4 Å². The van der Waals surface area contributed by atoms with E-state index in [1.54, 1.807) is 0 Å². The largest absolute Gasteiger partial charge is 0.417 e. The van der Waals surface area contributed by atoms with Gasteiger partial charge in [0.25, 0.3) is 17.4 Å². The van der Waals surface area contributed by atoms with Gasteiger partial charge in [-0.05, 0) is 30.3 Å². The van der Waals surface area contributed by atoms with Crippen LogP contribution in [0.4, 0.5) is 17.6 Å². The van der Waals surface area contributed by atoms with Crippen LogP contribution in [0.15, 0.2) is 47.4 Å². The lowest BCUT2D eigenvalue weighted by molar-refractivity contribution is -0.138. The molecule has 0 aliphatic heterocycles. The van der Waals surface area contributed by atoms with Gasteiger partial charge in [-0.25, -0.2) is 4.39 Å². The van der Waals surface area contributed by atoms with Gasteiger partial charge in [-0.15, -0.1) is 0 Å². The van der Waals surface area contributed by atoms with Crippen LogP contribution < -0.4 is 16.4 Å². The SMILES string of the molecule is O=C(Cn1cc(C(F)(F)F)ccc1=O)NNC(=O)c1ccc(F)cc1. The van der Waals surface area contributed by atoms with Crippen molar-refractivity contribution in [2.75, 3.05) is 0 Å². The van der Waals surface area contributed by atoms with Crippen LogP contribution in [0.2, 0.25) is 0 Å². The Bertz CT molecular complexity index is 844. The molecule has 0 saturated heterocycles. The molecule has 0 unspecified atom stereocenters. The number of carbonyl (C=O) groups is 2. The Labute approximate surface area is 138 Å². The Morgan fingerprint density at radius 1 is 1.00 bits per heavy atom. The molecule has 0 aliphatic carbocycles. The lowest BCUT2D eigenvalue weighted by Crippen LogP contribution is -2.44. The lowest BCUT2D eigenvalue weighted by Gasteiger charge is -2.11. The highest BCUT2D eigenvalue weighted by Crippen LogP contribution is 2.27. The van der Waals surface area contributed by atoms with E-state index in [0.717, 1.165) is 12.1 Å². The number of hydrazine groups is 1. The van der Waals surface area contributed by atoms with E-state index in [9.17, 15) is 31.9 Å². The highest BCUT2D eigenvalue weighted by molar-refractivity contribution is 5.95. The first-order chi connectivity index (χ1) is 11.7. The maximum absolute atomic E-state index is 12.7. The second-order valence-electron chi connectivity index (χ2n) is 4.89. The molecule has 1 aromatic heterocycles. The Morgan fingerprint density at radius 2 is 1.64 bits per heavy atom. The van der Waals surface area contributed by atoms with Gasteiger partial charge in [0.15, 0.2) is 0 Å². The maximum atomic E-state index is 12.7. The average molecular weight is 357 g/mol. The summed E-state index contributed by atoms with van der Waals surface area (Å²) >= 11 is 0. The highest BCUT2D eigenvalue weighted by atomic mass is 19.4. The summed E-state index contributed by atoms with van der Waals surface area (Å²) in [6, 6.07) is 5.72. The van der Waals surface area contributed by atoms with Gasteiger partial charge in [0, 0.05) is 17.8 Å². The highest BCUT2D eigenvalue weighted by Gasteiger charge is 2.31. The minimum absolute atomic E-state index is 0.0536. The molecular formula is C15H11F4N3O3. The van der Waals surface area contributed by atoms with Crippen molar-refractivity contribution in [3.05, 3.63) is 69.9 Å². The molecule has 0 bridgehead atoms. The minimum atomic E-state index is -4.66. The van der Waals surface area contributed by atoms with Crippen LogP contribution in [0.5, 0.6) is 0 Å². The van der Waals surface area contributed by atoms with Crippen LogP contribution in [0.1, 0.15) is 15.9 Å². The molecule has 2 amide bonds. The molecular weight excluding hydrogens is 346 g/mol. The third-order valence-corrected chi connectivity index (χ3v) is 3.05. The Balaban J connectivity index is 2.00. The van der Waals surface area contributed by atoms with Gasteiger partial charge in [-0.1, -0.05) is 0 Å². The third kappa shape index (κ3) is 4.90. The summed E-state index contributed by atoms with van der Waals surface area (Å²) in [6.45, 7) is -0.730. The summed E-state index contributed by atoms with van der Waals surface area (Å²) in [4.78, 5) is 34.9. The predicted octanol–water partition coefficient (Wildman–Crippen LogP) is 1.47. The van der Waals surface area contributed by atoms with Crippen molar-refractivity contribution in [3.8, 4) is 0 Å². The summed E-state index contributed by atoms with van der Waals surface area (Å²) in [5.74, 6) is -2.23. The van der Waals surface area contributed by atoms with Crippen LogP contribution >= 0.6 is 0 Å². The number of halogens is 4. The fourth-order valence-corrected chi connectivity index (χ4v) is 1.82. The molecule has 1 heterocycles. The van der Waals surface area contributed by atoms with Crippen LogP contribution in [0, 0.1) is 5.82 Å². The number of carbonyl (C=O) groups excluding carboxylic acids is 2. The first-order valence-corrected chi connectivity index (χ1v) is 6.79. The molecule has 10 heteroatoms. The van der Waals surface area contributed by atoms with Gasteiger partial charge in [-0.3, -0.25) is 25.2 Å². The van der Waals surface area contributed by atoms with Crippen molar-refractivity contribution in [1.29, 1.82) is 0 Å². The number of pyridine rings is 1. The smallest absolute Gasteiger partial charge is 0.305 e. The van der Waals surface area contributed by atoms with Crippen molar-refractivity contribution < 1.29 is 27.2 Å². The van der Waals surface area contributed by atoms with E-state index in [0.29, 0.717) is 22.9 Å². The third-order valence-electron chi connectivity index (χ3n) is 3.05. The normalized spacial score (nSPS) is 11.0. The number of amides is 2. The molecule has 25 heavy (non-hydrogen) atoms. The second kappa shape index (κ2) is 7.16. The molecule has 0 aliphatic rings. The molecule has 1 aromatic carbocycles. The molecule has 2 N–H and O–H groups in total. The summed E-state index contributed by atoms with van der Waals surface area (Å²) in [5, 5.41) is 0. The molecule has 0 saturated carbocycles. The van der Waals surface area contributed by atoms with E-state index in [4.69, 9.17) is 0 Å². The van der Waals surface area contributed by atoms with E-state index in [1.165, 1.54) is 12.1 Å². The van der Waals surface area contributed by atoms with E-state index < -0.39 is 41.5 Å². The maximum Gasteiger partial charge on any atom is 0.417 e. The second-order valence-corrected chi connectivity index (χ2v) is 4.89. The molecule has 0 radical (unpaired) electrons. The van der Waals surface area contributed by atoms with Gasteiger partial charge in [0.2, 0.25) is 0 Å². The fraction of sp³-hybridized carbons (Fsp3) is 0.133. The molecule has 6 nitrogen and oxygen atoms in total. The zero-order valence-corrected chi connectivity index (χ0v) is 12.4. The van der Waals surface area contributed by atoms with Crippen molar-refractivity contribution in [3.63, 3.8) is 0 Å². The van der Waals surface area contributed by atoms with E-state index in [1.807, 2.05) is 10.9 Å². The van der Waals surface area contributed by atoms with E-state index in [-0.39, 0.29) is 5.56 Å².